The second-order valence-electron chi connectivity index (χ2n) is 5.61. The van der Waals surface area contributed by atoms with Crippen molar-refractivity contribution in [2.45, 2.75) is 36.6 Å². The molecular formula is C14H20N4O3S2. The largest absolute Gasteiger partial charge is 0.396 e. The topological polar surface area (TPSA) is 88.3 Å². The number of nitrogens with zero attached hydrogens (tertiary/aromatic N) is 4. The molecule has 126 valence electrons. The smallest absolute Gasteiger partial charge is 0.243 e. The van der Waals surface area contributed by atoms with Crippen molar-refractivity contribution in [3.05, 3.63) is 28.7 Å². The zero-order chi connectivity index (χ0) is 16.3. The highest BCUT2D eigenvalue weighted by Crippen LogP contribution is 2.27. The summed E-state index contributed by atoms with van der Waals surface area (Å²) in [5, 5.41) is 20.6. The molecule has 0 atom stereocenters. The first-order chi connectivity index (χ1) is 11.1. The number of thiophene rings is 1. The van der Waals surface area contributed by atoms with Gasteiger partial charge in [0.25, 0.3) is 0 Å². The Hall–Kier alpha value is -1.29. The van der Waals surface area contributed by atoms with E-state index in [9.17, 15) is 8.42 Å². The van der Waals surface area contributed by atoms with E-state index in [2.05, 4.69) is 10.3 Å². The molecule has 9 heteroatoms. The third kappa shape index (κ3) is 3.63. The quantitative estimate of drug-likeness (QED) is 0.842. The van der Waals surface area contributed by atoms with Crippen LogP contribution in [0.2, 0.25) is 0 Å². The summed E-state index contributed by atoms with van der Waals surface area (Å²) in [4.78, 5) is 0.382. The molecule has 1 N–H and O–H groups in total. The number of aliphatic hydroxyl groups excluding tert-OH is 1. The van der Waals surface area contributed by atoms with Gasteiger partial charge >= 0.3 is 0 Å². The van der Waals surface area contributed by atoms with Crippen LogP contribution in [-0.4, -0.2) is 52.5 Å². The number of sulfonamides is 1. The molecule has 3 rings (SSSR count). The first kappa shape index (κ1) is 16.6. The standard InChI is InChI=1S/C14H20N4O3S2/c19-8-1-2-12-10-18(16-15-12)13-3-6-17(7-4-13)23(20,21)14-5-9-22-11-14/h5,9-11,13,19H,1-4,6-8H2. The maximum Gasteiger partial charge on any atom is 0.243 e. The number of rotatable bonds is 6. The minimum Gasteiger partial charge on any atom is -0.396 e. The van der Waals surface area contributed by atoms with Crippen molar-refractivity contribution < 1.29 is 13.5 Å². The molecule has 7 nitrogen and oxygen atoms in total. The van der Waals surface area contributed by atoms with Gasteiger partial charge in [-0.05, 0) is 37.1 Å². The van der Waals surface area contributed by atoms with E-state index in [4.69, 9.17) is 5.11 Å². The first-order valence-electron chi connectivity index (χ1n) is 7.65. The number of aliphatic hydroxyl groups is 1. The average molecular weight is 356 g/mol. The van der Waals surface area contributed by atoms with Gasteiger partial charge in [-0.3, -0.25) is 0 Å². The van der Waals surface area contributed by atoms with E-state index < -0.39 is 10.0 Å². The molecule has 1 fully saturated rings. The number of piperidine rings is 1. The van der Waals surface area contributed by atoms with E-state index in [1.807, 2.05) is 10.9 Å². The van der Waals surface area contributed by atoms with Crippen LogP contribution in [0.15, 0.2) is 27.9 Å². The highest BCUT2D eigenvalue weighted by Gasteiger charge is 2.30. The maximum atomic E-state index is 12.5. The minimum absolute atomic E-state index is 0.145. The fourth-order valence-corrected chi connectivity index (χ4v) is 5.25. The lowest BCUT2D eigenvalue weighted by Gasteiger charge is -2.30. The Morgan fingerprint density at radius 1 is 1.35 bits per heavy atom. The Balaban J connectivity index is 1.61. The van der Waals surface area contributed by atoms with E-state index >= 15 is 0 Å². The summed E-state index contributed by atoms with van der Waals surface area (Å²) in [6.07, 6.45) is 4.75. The van der Waals surface area contributed by atoms with Crippen LogP contribution in [0.5, 0.6) is 0 Å². The minimum atomic E-state index is -3.36. The lowest BCUT2D eigenvalue weighted by molar-refractivity contribution is 0.258. The predicted octanol–water partition coefficient (Wildman–Crippen LogP) is 1.29. The molecular weight excluding hydrogens is 336 g/mol. The maximum absolute atomic E-state index is 12.5. The predicted molar refractivity (Wildman–Crippen MR) is 86.8 cm³/mol. The molecule has 1 aliphatic rings. The van der Waals surface area contributed by atoms with Crippen molar-refractivity contribution in [3.63, 3.8) is 0 Å². The average Bonchev–Trinajstić information content (AvgIpc) is 3.25. The Morgan fingerprint density at radius 2 is 2.13 bits per heavy atom. The van der Waals surface area contributed by atoms with Gasteiger partial charge in [0.15, 0.2) is 0 Å². The third-order valence-electron chi connectivity index (χ3n) is 4.08. The molecule has 0 aliphatic carbocycles. The summed E-state index contributed by atoms with van der Waals surface area (Å²) in [6, 6.07) is 1.83. The van der Waals surface area contributed by atoms with Gasteiger partial charge in [-0.1, -0.05) is 5.21 Å². The van der Waals surface area contributed by atoms with Crippen LogP contribution in [0.1, 0.15) is 31.0 Å². The van der Waals surface area contributed by atoms with Gasteiger partial charge < -0.3 is 5.11 Å². The molecule has 0 radical (unpaired) electrons. The van der Waals surface area contributed by atoms with Gasteiger partial charge in [0, 0.05) is 31.3 Å². The summed E-state index contributed by atoms with van der Waals surface area (Å²) in [5.41, 5.74) is 0.868. The number of aromatic nitrogens is 3. The Kier molecular flexibility index (Phi) is 5.10. The number of aryl methyl sites for hydroxylation is 1. The number of hydrogen-bond acceptors (Lipinski definition) is 6. The van der Waals surface area contributed by atoms with Crippen LogP contribution < -0.4 is 0 Å². The Morgan fingerprint density at radius 3 is 2.78 bits per heavy atom. The van der Waals surface area contributed by atoms with Crippen LogP contribution in [-0.2, 0) is 16.4 Å². The van der Waals surface area contributed by atoms with Crippen LogP contribution in [0.3, 0.4) is 0 Å². The summed E-state index contributed by atoms with van der Waals surface area (Å²) in [5.74, 6) is 0. The van der Waals surface area contributed by atoms with Gasteiger partial charge in [-0.25, -0.2) is 13.1 Å². The summed E-state index contributed by atoms with van der Waals surface area (Å²) in [6.45, 7) is 1.13. The zero-order valence-electron chi connectivity index (χ0n) is 12.7. The van der Waals surface area contributed by atoms with E-state index in [0.717, 1.165) is 18.5 Å². The van der Waals surface area contributed by atoms with E-state index in [1.165, 1.54) is 11.3 Å². The summed E-state index contributed by atoms with van der Waals surface area (Å²) >= 11 is 1.39. The van der Waals surface area contributed by atoms with Gasteiger partial charge in [0.05, 0.1) is 16.6 Å². The molecule has 1 saturated heterocycles. The van der Waals surface area contributed by atoms with Crippen molar-refractivity contribution in [2.24, 2.45) is 0 Å². The molecule has 1 aliphatic heterocycles. The monoisotopic (exact) mass is 356 g/mol. The lowest BCUT2D eigenvalue weighted by Crippen LogP contribution is -2.39. The SMILES string of the molecule is O=S(=O)(c1ccsc1)N1CCC(n2cc(CCCO)nn2)CC1. The van der Waals surface area contributed by atoms with E-state index in [0.29, 0.717) is 30.8 Å². The Bertz CT molecular complexity index is 719. The molecule has 0 saturated carbocycles. The van der Waals surface area contributed by atoms with Gasteiger partial charge in [-0.2, -0.15) is 15.6 Å². The highest BCUT2D eigenvalue weighted by molar-refractivity contribution is 7.89. The van der Waals surface area contributed by atoms with E-state index in [-0.39, 0.29) is 12.6 Å². The van der Waals surface area contributed by atoms with Gasteiger partial charge in [0.2, 0.25) is 10.0 Å². The van der Waals surface area contributed by atoms with Crippen LogP contribution in [0.4, 0.5) is 0 Å². The van der Waals surface area contributed by atoms with Crippen molar-refractivity contribution >= 4 is 21.4 Å². The molecule has 0 unspecified atom stereocenters. The van der Waals surface area contributed by atoms with Crippen LogP contribution in [0.25, 0.3) is 0 Å². The van der Waals surface area contributed by atoms with Crippen molar-refractivity contribution in [3.8, 4) is 0 Å². The molecule has 0 spiro atoms. The molecule has 23 heavy (non-hydrogen) atoms. The second kappa shape index (κ2) is 7.08. The van der Waals surface area contributed by atoms with Crippen LogP contribution in [0, 0.1) is 0 Å². The fourth-order valence-electron chi connectivity index (χ4n) is 2.76. The van der Waals surface area contributed by atoms with Crippen LogP contribution >= 0.6 is 11.3 Å². The van der Waals surface area contributed by atoms with Crippen molar-refractivity contribution in [1.29, 1.82) is 0 Å². The van der Waals surface area contributed by atoms with Gasteiger partial charge in [-0.15, -0.1) is 5.10 Å². The summed E-state index contributed by atoms with van der Waals surface area (Å²) < 4.78 is 28.4. The summed E-state index contributed by atoms with van der Waals surface area (Å²) in [7, 11) is -3.36. The zero-order valence-corrected chi connectivity index (χ0v) is 14.3. The molecule has 0 amide bonds. The second-order valence-corrected chi connectivity index (χ2v) is 8.33. The van der Waals surface area contributed by atoms with Gasteiger partial charge in [0.1, 0.15) is 0 Å². The molecule has 3 heterocycles. The highest BCUT2D eigenvalue weighted by atomic mass is 32.2. The first-order valence-corrected chi connectivity index (χ1v) is 10.0. The molecule has 0 aromatic carbocycles. The third-order valence-corrected chi connectivity index (χ3v) is 6.81. The molecule has 2 aromatic heterocycles. The van der Waals surface area contributed by atoms with Crippen molar-refractivity contribution in [2.75, 3.05) is 19.7 Å². The van der Waals surface area contributed by atoms with E-state index in [1.54, 1.807) is 21.1 Å². The number of hydrogen-bond donors (Lipinski definition) is 1. The molecule has 0 bridgehead atoms. The Labute approximate surface area is 139 Å². The molecule has 2 aromatic rings. The fraction of sp³-hybridized carbons (Fsp3) is 0.571. The normalized spacial score (nSPS) is 17.6. The van der Waals surface area contributed by atoms with Crippen molar-refractivity contribution in [1.82, 2.24) is 19.3 Å². The lowest BCUT2D eigenvalue weighted by atomic mass is 10.1.